The molecule has 6 nitrogen and oxygen atoms in total. The first-order valence-electron chi connectivity index (χ1n) is 10.3. The molecular formula is C26H22N2O4. The van der Waals surface area contributed by atoms with E-state index in [9.17, 15) is 14.4 Å². The number of carbonyl (C=O) groups is 2. The molecule has 0 spiro atoms. The summed E-state index contributed by atoms with van der Waals surface area (Å²) in [6.07, 6.45) is 0. The third-order valence-corrected chi connectivity index (χ3v) is 5.03. The summed E-state index contributed by atoms with van der Waals surface area (Å²) in [5.74, 6) is -0.457. The van der Waals surface area contributed by atoms with Crippen LogP contribution in [0.1, 0.15) is 24.2 Å². The molecule has 4 rings (SSSR count). The second-order valence-electron chi connectivity index (χ2n) is 7.74. The second-order valence-corrected chi connectivity index (χ2v) is 7.74. The van der Waals surface area contributed by atoms with E-state index in [-0.39, 0.29) is 17.7 Å². The Bertz CT molecular complexity index is 1340. The van der Waals surface area contributed by atoms with E-state index < -0.39 is 5.63 Å². The summed E-state index contributed by atoms with van der Waals surface area (Å²) in [5, 5.41) is 6.46. The van der Waals surface area contributed by atoms with Gasteiger partial charge in [0, 0.05) is 28.2 Å². The maximum atomic E-state index is 12.6. The van der Waals surface area contributed by atoms with Gasteiger partial charge in [0.2, 0.25) is 5.91 Å². The smallest absolute Gasteiger partial charge is 0.344 e. The molecule has 0 atom stereocenters. The highest BCUT2D eigenvalue weighted by Crippen LogP contribution is 2.22. The fourth-order valence-corrected chi connectivity index (χ4v) is 3.19. The molecule has 3 aromatic carbocycles. The van der Waals surface area contributed by atoms with E-state index in [1.807, 2.05) is 32.0 Å². The molecule has 6 heteroatoms. The first-order valence-corrected chi connectivity index (χ1v) is 10.3. The monoisotopic (exact) mass is 426 g/mol. The number of fused-ring (bicyclic) bond motifs is 1. The Kier molecular flexibility index (Phi) is 5.85. The molecule has 0 bridgehead atoms. The van der Waals surface area contributed by atoms with Crippen molar-refractivity contribution in [2.45, 2.75) is 13.8 Å². The topological polar surface area (TPSA) is 88.4 Å². The van der Waals surface area contributed by atoms with E-state index in [4.69, 9.17) is 4.42 Å². The van der Waals surface area contributed by atoms with Gasteiger partial charge in [-0.1, -0.05) is 44.2 Å². The molecule has 0 unspecified atom stereocenters. The number of amides is 2. The van der Waals surface area contributed by atoms with Gasteiger partial charge < -0.3 is 15.1 Å². The Morgan fingerprint density at radius 3 is 2.09 bits per heavy atom. The molecule has 0 radical (unpaired) electrons. The van der Waals surface area contributed by atoms with Crippen molar-refractivity contribution >= 4 is 34.2 Å². The van der Waals surface area contributed by atoms with Gasteiger partial charge in [-0.05, 0) is 54.1 Å². The van der Waals surface area contributed by atoms with Crippen molar-refractivity contribution in [2.75, 3.05) is 10.6 Å². The van der Waals surface area contributed by atoms with Gasteiger partial charge in [-0.25, -0.2) is 4.79 Å². The Labute approximate surface area is 184 Å². The summed E-state index contributed by atoms with van der Waals surface area (Å²) in [6, 6.07) is 22.8. The number of benzene rings is 3. The van der Waals surface area contributed by atoms with E-state index >= 15 is 0 Å². The fourth-order valence-electron chi connectivity index (χ4n) is 3.19. The average Bonchev–Trinajstić information content (AvgIpc) is 2.80. The number of anilines is 2. The van der Waals surface area contributed by atoms with Crippen molar-refractivity contribution in [1.82, 2.24) is 0 Å². The number of hydrogen-bond acceptors (Lipinski definition) is 4. The number of para-hydroxylation sites is 1. The largest absolute Gasteiger partial charge is 0.422 e. The van der Waals surface area contributed by atoms with E-state index in [0.29, 0.717) is 33.6 Å². The minimum atomic E-state index is -0.425. The van der Waals surface area contributed by atoms with Crippen molar-refractivity contribution < 1.29 is 14.0 Å². The highest BCUT2D eigenvalue weighted by molar-refractivity contribution is 6.04. The minimum Gasteiger partial charge on any atom is -0.422 e. The summed E-state index contributed by atoms with van der Waals surface area (Å²) in [7, 11) is 0. The van der Waals surface area contributed by atoms with E-state index in [0.717, 1.165) is 5.39 Å². The van der Waals surface area contributed by atoms with Crippen molar-refractivity contribution in [2.24, 2.45) is 5.92 Å². The zero-order valence-corrected chi connectivity index (χ0v) is 17.7. The standard InChI is InChI=1S/C26H22N2O4/c1-16(2)24(29)27-20-11-13-21(14-12-20)28-25(30)18-9-7-17(8-10-18)22-15-19-5-3-4-6-23(19)32-26(22)31/h3-16H,1-2H3,(H,27,29)(H,28,30). The van der Waals surface area contributed by atoms with Gasteiger partial charge in [0.05, 0.1) is 5.56 Å². The summed E-state index contributed by atoms with van der Waals surface area (Å²) in [4.78, 5) is 36.7. The predicted molar refractivity (Wildman–Crippen MR) is 126 cm³/mol. The van der Waals surface area contributed by atoms with Gasteiger partial charge in [0.1, 0.15) is 5.58 Å². The van der Waals surface area contributed by atoms with Crippen LogP contribution in [-0.2, 0) is 4.79 Å². The molecule has 0 saturated heterocycles. The number of rotatable bonds is 5. The molecule has 32 heavy (non-hydrogen) atoms. The molecule has 160 valence electrons. The van der Waals surface area contributed by atoms with Crippen LogP contribution in [0.3, 0.4) is 0 Å². The van der Waals surface area contributed by atoms with Crippen LogP contribution in [0.2, 0.25) is 0 Å². The summed E-state index contributed by atoms with van der Waals surface area (Å²) < 4.78 is 5.39. The lowest BCUT2D eigenvalue weighted by molar-refractivity contribution is -0.118. The number of carbonyl (C=O) groups excluding carboxylic acids is 2. The lowest BCUT2D eigenvalue weighted by atomic mass is 10.0. The molecule has 0 aliphatic heterocycles. The Morgan fingerprint density at radius 2 is 1.44 bits per heavy atom. The molecular weight excluding hydrogens is 404 g/mol. The zero-order chi connectivity index (χ0) is 22.7. The first-order chi connectivity index (χ1) is 15.4. The van der Waals surface area contributed by atoms with E-state index in [1.165, 1.54) is 0 Å². The second kappa shape index (κ2) is 8.89. The third kappa shape index (κ3) is 4.59. The van der Waals surface area contributed by atoms with Gasteiger partial charge in [0.25, 0.3) is 5.91 Å². The molecule has 0 aliphatic carbocycles. The molecule has 1 aromatic heterocycles. The van der Waals surface area contributed by atoms with Crippen molar-refractivity contribution in [3.63, 3.8) is 0 Å². The molecule has 2 amide bonds. The van der Waals surface area contributed by atoms with E-state index in [2.05, 4.69) is 10.6 Å². The highest BCUT2D eigenvalue weighted by atomic mass is 16.4. The van der Waals surface area contributed by atoms with Gasteiger partial charge >= 0.3 is 5.63 Å². The van der Waals surface area contributed by atoms with Crippen LogP contribution >= 0.6 is 0 Å². The van der Waals surface area contributed by atoms with Crippen LogP contribution < -0.4 is 16.3 Å². The first kappa shape index (κ1) is 21.1. The SMILES string of the molecule is CC(C)C(=O)Nc1ccc(NC(=O)c2ccc(-c3cc4ccccc4oc3=O)cc2)cc1. The molecule has 0 fully saturated rings. The normalized spacial score (nSPS) is 10.8. The van der Waals surface area contributed by atoms with Crippen LogP contribution in [0.5, 0.6) is 0 Å². The maximum absolute atomic E-state index is 12.6. The van der Waals surface area contributed by atoms with Crippen LogP contribution in [-0.4, -0.2) is 11.8 Å². The Morgan fingerprint density at radius 1 is 0.812 bits per heavy atom. The third-order valence-electron chi connectivity index (χ3n) is 5.03. The van der Waals surface area contributed by atoms with Crippen molar-refractivity contribution in [1.29, 1.82) is 0 Å². The van der Waals surface area contributed by atoms with Gasteiger partial charge in [-0.15, -0.1) is 0 Å². The molecule has 1 heterocycles. The Balaban J connectivity index is 1.47. The van der Waals surface area contributed by atoms with E-state index in [1.54, 1.807) is 60.7 Å². The maximum Gasteiger partial charge on any atom is 0.344 e. The van der Waals surface area contributed by atoms with Gasteiger partial charge in [0.15, 0.2) is 0 Å². The van der Waals surface area contributed by atoms with Crippen LogP contribution in [0.4, 0.5) is 11.4 Å². The quantitative estimate of drug-likeness (QED) is 0.424. The summed E-state index contributed by atoms with van der Waals surface area (Å²) >= 11 is 0. The minimum absolute atomic E-state index is 0.0673. The predicted octanol–water partition coefficient (Wildman–Crippen LogP) is 5.31. The van der Waals surface area contributed by atoms with Crippen molar-refractivity contribution in [3.8, 4) is 11.1 Å². The lowest BCUT2D eigenvalue weighted by Gasteiger charge is -2.10. The fraction of sp³-hybridized carbons (Fsp3) is 0.115. The Hall–Kier alpha value is -4.19. The number of nitrogens with one attached hydrogen (secondary N) is 2. The summed E-state index contributed by atoms with van der Waals surface area (Å²) in [5.41, 5.74) is 2.95. The average molecular weight is 426 g/mol. The highest BCUT2D eigenvalue weighted by Gasteiger charge is 2.11. The molecule has 0 aliphatic rings. The van der Waals surface area contributed by atoms with Crippen LogP contribution in [0, 0.1) is 5.92 Å². The van der Waals surface area contributed by atoms with Gasteiger partial charge in [-0.3, -0.25) is 9.59 Å². The zero-order valence-electron chi connectivity index (χ0n) is 17.7. The van der Waals surface area contributed by atoms with Gasteiger partial charge in [-0.2, -0.15) is 0 Å². The van der Waals surface area contributed by atoms with Crippen molar-refractivity contribution in [3.05, 3.63) is 94.8 Å². The summed E-state index contributed by atoms with van der Waals surface area (Å²) in [6.45, 7) is 3.64. The molecule has 4 aromatic rings. The molecule has 0 saturated carbocycles. The van der Waals surface area contributed by atoms with Crippen LogP contribution in [0.25, 0.3) is 22.1 Å². The molecule has 2 N–H and O–H groups in total. The lowest BCUT2D eigenvalue weighted by Crippen LogP contribution is -2.17. The van der Waals surface area contributed by atoms with Crippen LogP contribution in [0.15, 0.2) is 88.1 Å². The number of hydrogen-bond donors (Lipinski definition) is 2.